The molecular formula is C17H35N. The predicted molar refractivity (Wildman–Crippen MR) is 81.9 cm³/mol. The van der Waals surface area contributed by atoms with E-state index in [9.17, 15) is 0 Å². The molecule has 1 atom stereocenters. The maximum Gasteiger partial charge on any atom is 0.00388 e. The van der Waals surface area contributed by atoms with Crippen molar-refractivity contribution in [2.45, 2.75) is 86.1 Å². The summed E-state index contributed by atoms with van der Waals surface area (Å²) in [5.41, 5.74) is 1.06. The summed E-state index contributed by atoms with van der Waals surface area (Å²) in [5, 5.41) is 3.75. The van der Waals surface area contributed by atoms with Gasteiger partial charge < -0.3 is 5.32 Å². The minimum atomic E-state index is 0.529. The van der Waals surface area contributed by atoms with Gasteiger partial charge in [-0.15, -0.1) is 0 Å². The topological polar surface area (TPSA) is 12.0 Å². The molecule has 0 radical (unpaired) electrons. The SMILES string of the molecule is CCCCCCCC(C)NCC1C(C)(C)C1(C)C. The number of rotatable bonds is 9. The van der Waals surface area contributed by atoms with Crippen LogP contribution < -0.4 is 5.32 Å². The first-order valence-corrected chi connectivity index (χ1v) is 8.07. The van der Waals surface area contributed by atoms with E-state index in [0.29, 0.717) is 16.9 Å². The van der Waals surface area contributed by atoms with Crippen molar-refractivity contribution in [1.29, 1.82) is 0 Å². The minimum absolute atomic E-state index is 0.529. The van der Waals surface area contributed by atoms with Crippen LogP contribution in [0.25, 0.3) is 0 Å². The average molecular weight is 253 g/mol. The first-order chi connectivity index (χ1) is 8.34. The quantitative estimate of drug-likeness (QED) is 0.570. The fourth-order valence-corrected chi connectivity index (χ4v) is 3.32. The molecule has 0 spiro atoms. The van der Waals surface area contributed by atoms with Crippen molar-refractivity contribution in [1.82, 2.24) is 5.32 Å². The summed E-state index contributed by atoms with van der Waals surface area (Å²) in [4.78, 5) is 0. The maximum atomic E-state index is 3.75. The molecule has 18 heavy (non-hydrogen) atoms. The first kappa shape index (κ1) is 16.0. The maximum absolute atomic E-state index is 3.75. The molecule has 1 unspecified atom stereocenters. The van der Waals surface area contributed by atoms with Crippen molar-refractivity contribution in [2.75, 3.05) is 6.54 Å². The lowest BCUT2D eigenvalue weighted by Gasteiger charge is -2.14. The van der Waals surface area contributed by atoms with Crippen molar-refractivity contribution >= 4 is 0 Å². The Morgan fingerprint density at radius 2 is 1.50 bits per heavy atom. The Hall–Kier alpha value is -0.0400. The van der Waals surface area contributed by atoms with Crippen LogP contribution in [0.3, 0.4) is 0 Å². The summed E-state index contributed by atoms with van der Waals surface area (Å²) >= 11 is 0. The molecule has 0 heterocycles. The Bertz CT molecular complexity index is 228. The fraction of sp³-hybridized carbons (Fsp3) is 1.00. The molecule has 0 aromatic heterocycles. The smallest absolute Gasteiger partial charge is 0.00388 e. The zero-order valence-electron chi connectivity index (χ0n) is 13.6. The first-order valence-electron chi connectivity index (χ1n) is 8.07. The summed E-state index contributed by atoms with van der Waals surface area (Å²) in [5.74, 6) is 0.854. The standard InChI is InChI=1S/C17H35N/c1-7-8-9-10-11-12-14(2)18-13-15-16(3,4)17(15,5)6/h14-15,18H,7-13H2,1-6H3. The molecule has 0 aliphatic heterocycles. The van der Waals surface area contributed by atoms with E-state index in [1.54, 1.807) is 0 Å². The highest BCUT2D eigenvalue weighted by Gasteiger charge is 2.63. The molecule has 1 saturated carbocycles. The highest BCUT2D eigenvalue weighted by Crippen LogP contribution is 2.67. The zero-order valence-corrected chi connectivity index (χ0v) is 13.6. The molecule has 1 rings (SSSR count). The van der Waals surface area contributed by atoms with E-state index < -0.39 is 0 Å². The van der Waals surface area contributed by atoms with Gasteiger partial charge >= 0.3 is 0 Å². The Morgan fingerprint density at radius 3 is 2.00 bits per heavy atom. The molecule has 1 N–H and O–H groups in total. The Kier molecular flexibility index (Phi) is 5.70. The highest BCUT2D eigenvalue weighted by molar-refractivity contribution is 5.12. The number of hydrogen-bond donors (Lipinski definition) is 1. The van der Waals surface area contributed by atoms with E-state index >= 15 is 0 Å². The molecule has 0 aromatic rings. The van der Waals surface area contributed by atoms with Gasteiger partial charge in [0.05, 0.1) is 0 Å². The third kappa shape index (κ3) is 3.73. The number of unbranched alkanes of at least 4 members (excludes halogenated alkanes) is 4. The van der Waals surface area contributed by atoms with Crippen LogP contribution in [0.4, 0.5) is 0 Å². The van der Waals surface area contributed by atoms with Gasteiger partial charge in [-0.1, -0.05) is 66.7 Å². The largest absolute Gasteiger partial charge is 0.314 e. The van der Waals surface area contributed by atoms with Gasteiger partial charge in [0.15, 0.2) is 0 Å². The summed E-state index contributed by atoms with van der Waals surface area (Å²) in [6.07, 6.45) is 8.33. The van der Waals surface area contributed by atoms with Crippen LogP contribution in [0.5, 0.6) is 0 Å². The van der Waals surface area contributed by atoms with E-state index in [1.807, 2.05) is 0 Å². The van der Waals surface area contributed by atoms with Gasteiger partial charge in [-0.05, 0) is 36.6 Å². The summed E-state index contributed by atoms with van der Waals surface area (Å²) in [7, 11) is 0. The van der Waals surface area contributed by atoms with Crippen LogP contribution in [0.15, 0.2) is 0 Å². The second-order valence-corrected chi connectivity index (χ2v) is 7.51. The summed E-state index contributed by atoms with van der Waals surface area (Å²) in [6, 6.07) is 0.693. The Morgan fingerprint density at radius 1 is 0.944 bits per heavy atom. The third-order valence-electron chi connectivity index (χ3n) is 5.73. The van der Waals surface area contributed by atoms with E-state index in [4.69, 9.17) is 0 Å². The average Bonchev–Trinajstić information content (AvgIpc) is 2.66. The molecule has 0 saturated heterocycles. The van der Waals surface area contributed by atoms with Crippen LogP contribution in [0.1, 0.15) is 80.1 Å². The second-order valence-electron chi connectivity index (χ2n) is 7.51. The number of hydrogen-bond acceptors (Lipinski definition) is 1. The van der Waals surface area contributed by atoms with Crippen molar-refractivity contribution in [3.8, 4) is 0 Å². The molecule has 1 heteroatoms. The molecule has 1 aliphatic carbocycles. The molecule has 0 bridgehead atoms. The summed E-state index contributed by atoms with van der Waals surface area (Å²) < 4.78 is 0. The zero-order chi connectivity index (χ0) is 13.8. The lowest BCUT2D eigenvalue weighted by atomic mass is 10.0. The molecular weight excluding hydrogens is 218 g/mol. The van der Waals surface area contributed by atoms with E-state index in [-0.39, 0.29) is 0 Å². The lowest BCUT2D eigenvalue weighted by molar-refractivity contribution is 0.443. The highest BCUT2D eigenvalue weighted by atomic mass is 14.9. The number of nitrogens with one attached hydrogen (secondary N) is 1. The van der Waals surface area contributed by atoms with Gasteiger partial charge in [0, 0.05) is 6.04 Å². The van der Waals surface area contributed by atoms with Gasteiger partial charge in [0.25, 0.3) is 0 Å². The molecule has 0 aromatic carbocycles. The van der Waals surface area contributed by atoms with Crippen molar-refractivity contribution in [2.24, 2.45) is 16.7 Å². The third-order valence-corrected chi connectivity index (χ3v) is 5.73. The lowest BCUT2D eigenvalue weighted by Crippen LogP contribution is -2.29. The van der Waals surface area contributed by atoms with E-state index in [1.165, 1.54) is 45.1 Å². The van der Waals surface area contributed by atoms with E-state index in [0.717, 1.165) is 5.92 Å². The van der Waals surface area contributed by atoms with Gasteiger partial charge in [-0.3, -0.25) is 0 Å². The normalized spacial score (nSPS) is 23.0. The van der Waals surface area contributed by atoms with Crippen LogP contribution in [-0.4, -0.2) is 12.6 Å². The van der Waals surface area contributed by atoms with Crippen LogP contribution in [0, 0.1) is 16.7 Å². The van der Waals surface area contributed by atoms with Crippen molar-refractivity contribution in [3.05, 3.63) is 0 Å². The van der Waals surface area contributed by atoms with Gasteiger partial charge in [0.1, 0.15) is 0 Å². The van der Waals surface area contributed by atoms with Crippen molar-refractivity contribution in [3.63, 3.8) is 0 Å². The molecule has 1 nitrogen and oxygen atoms in total. The fourth-order valence-electron chi connectivity index (χ4n) is 3.32. The minimum Gasteiger partial charge on any atom is -0.314 e. The van der Waals surface area contributed by atoms with Crippen LogP contribution in [-0.2, 0) is 0 Å². The van der Waals surface area contributed by atoms with Crippen LogP contribution in [0.2, 0.25) is 0 Å². The van der Waals surface area contributed by atoms with Gasteiger partial charge in [0.2, 0.25) is 0 Å². The Labute approximate surface area is 115 Å². The second kappa shape index (κ2) is 6.41. The molecule has 0 amide bonds. The van der Waals surface area contributed by atoms with E-state index in [2.05, 4.69) is 46.9 Å². The van der Waals surface area contributed by atoms with Gasteiger partial charge in [-0.25, -0.2) is 0 Å². The Balaban J connectivity index is 2.06. The van der Waals surface area contributed by atoms with Crippen LogP contribution >= 0.6 is 0 Å². The monoisotopic (exact) mass is 253 g/mol. The molecule has 1 aliphatic rings. The molecule has 108 valence electrons. The molecule has 1 fully saturated rings. The summed E-state index contributed by atoms with van der Waals surface area (Å²) in [6.45, 7) is 15.5. The predicted octanol–water partition coefficient (Wildman–Crippen LogP) is 5.01. The van der Waals surface area contributed by atoms with Gasteiger partial charge in [-0.2, -0.15) is 0 Å². The van der Waals surface area contributed by atoms with Crippen molar-refractivity contribution < 1.29 is 0 Å².